The summed E-state index contributed by atoms with van der Waals surface area (Å²) < 4.78 is 7.89. The van der Waals surface area contributed by atoms with Crippen LogP contribution >= 0.6 is 0 Å². The van der Waals surface area contributed by atoms with E-state index in [1.165, 1.54) is 5.56 Å². The highest BCUT2D eigenvalue weighted by atomic mass is 16.3. The first kappa shape index (κ1) is 11.2. The number of hydrogen-bond acceptors (Lipinski definition) is 2. The molecular formula is C17H13N2O+. The molecule has 4 aromatic rings. The SMILES string of the molecule is c1ccc(C[n+]2cnc3c(c2)oc2ccccc23)cc1. The van der Waals surface area contributed by atoms with Gasteiger partial charge in [0.1, 0.15) is 18.3 Å². The molecule has 0 aliphatic rings. The van der Waals surface area contributed by atoms with Gasteiger partial charge in [0, 0.05) is 0 Å². The zero-order valence-electron chi connectivity index (χ0n) is 10.9. The van der Waals surface area contributed by atoms with Gasteiger partial charge in [0.2, 0.25) is 11.1 Å². The summed E-state index contributed by atoms with van der Waals surface area (Å²) in [6.45, 7) is 0.792. The molecule has 2 aromatic heterocycles. The van der Waals surface area contributed by atoms with Crippen LogP contribution in [-0.4, -0.2) is 4.98 Å². The normalized spacial score (nSPS) is 11.2. The molecule has 2 heterocycles. The Morgan fingerprint density at radius 3 is 2.60 bits per heavy atom. The van der Waals surface area contributed by atoms with Gasteiger partial charge in [-0.2, -0.15) is 0 Å². The Morgan fingerprint density at radius 2 is 1.70 bits per heavy atom. The fourth-order valence-corrected chi connectivity index (χ4v) is 2.47. The standard InChI is InChI=1S/C17H13N2O/c1-2-6-13(7-3-1)10-19-11-16-17(18-12-19)14-8-4-5-9-15(14)20-16/h1-9,11-12H,10H2/q+1. The maximum absolute atomic E-state index is 5.85. The summed E-state index contributed by atoms with van der Waals surface area (Å²) in [6.07, 6.45) is 3.87. The van der Waals surface area contributed by atoms with Crippen molar-refractivity contribution in [2.24, 2.45) is 0 Å². The van der Waals surface area contributed by atoms with Crippen molar-refractivity contribution in [3.05, 3.63) is 72.7 Å². The lowest BCUT2D eigenvalue weighted by atomic mass is 10.2. The van der Waals surface area contributed by atoms with Gasteiger partial charge in [-0.25, -0.2) is 4.57 Å². The fraction of sp³-hybridized carbons (Fsp3) is 0.0588. The van der Waals surface area contributed by atoms with Crippen molar-refractivity contribution in [3.8, 4) is 0 Å². The topological polar surface area (TPSA) is 29.9 Å². The van der Waals surface area contributed by atoms with Crippen molar-refractivity contribution < 1.29 is 8.98 Å². The zero-order valence-corrected chi connectivity index (χ0v) is 10.9. The largest absolute Gasteiger partial charge is 0.448 e. The van der Waals surface area contributed by atoms with Crippen LogP contribution in [0.5, 0.6) is 0 Å². The summed E-state index contributed by atoms with van der Waals surface area (Å²) in [7, 11) is 0. The molecular weight excluding hydrogens is 248 g/mol. The molecule has 0 saturated carbocycles. The summed E-state index contributed by atoms with van der Waals surface area (Å²) in [5.74, 6) is 0. The Morgan fingerprint density at radius 1 is 0.900 bits per heavy atom. The van der Waals surface area contributed by atoms with Crippen LogP contribution in [0.25, 0.3) is 22.1 Å². The lowest BCUT2D eigenvalue weighted by Gasteiger charge is -1.98. The third-order valence-corrected chi connectivity index (χ3v) is 3.42. The summed E-state index contributed by atoms with van der Waals surface area (Å²) in [5.41, 5.74) is 3.87. The first-order valence-corrected chi connectivity index (χ1v) is 6.60. The molecule has 4 rings (SSSR count). The van der Waals surface area contributed by atoms with Crippen molar-refractivity contribution >= 4 is 22.1 Å². The van der Waals surface area contributed by atoms with Gasteiger partial charge in [-0.15, -0.1) is 0 Å². The molecule has 0 aliphatic heterocycles. The molecule has 0 amide bonds. The molecule has 96 valence electrons. The molecule has 0 radical (unpaired) electrons. The van der Waals surface area contributed by atoms with Crippen molar-refractivity contribution in [2.45, 2.75) is 6.54 Å². The highest BCUT2D eigenvalue weighted by Gasteiger charge is 2.13. The lowest BCUT2D eigenvalue weighted by Crippen LogP contribution is -2.33. The minimum absolute atomic E-state index is 0.792. The third-order valence-electron chi connectivity index (χ3n) is 3.42. The third kappa shape index (κ3) is 1.84. The van der Waals surface area contributed by atoms with E-state index in [2.05, 4.69) is 17.1 Å². The lowest BCUT2D eigenvalue weighted by molar-refractivity contribution is -0.690. The van der Waals surface area contributed by atoms with Crippen LogP contribution in [0.1, 0.15) is 5.56 Å². The van der Waals surface area contributed by atoms with Gasteiger partial charge < -0.3 is 4.42 Å². The first-order chi connectivity index (χ1) is 9.90. The fourth-order valence-electron chi connectivity index (χ4n) is 2.47. The van der Waals surface area contributed by atoms with Crippen molar-refractivity contribution in [1.82, 2.24) is 4.98 Å². The number of nitrogens with zero attached hydrogens (tertiary/aromatic N) is 2. The highest BCUT2D eigenvalue weighted by molar-refractivity contribution is 6.01. The summed E-state index contributed by atoms with van der Waals surface area (Å²) in [4.78, 5) is 4.53. The van der Waals surface area contributed by atoms with Crippen LogP contribution in [0.15, 0.2) is 71.5 Å². The number of benzene rings is 2. The Balaban J connectivity index is 1.81. The van der Waals surface area contributed by atoms with E-state index in [1.807, 2.05) is 59.6 Å². The van der Waals surface area contributed by atoms with Crippen molar-refractivity contribution in [1.29, 1.82) is 0 Å². The molecule has 3 heteroatoms. The first-order valence-electron chi connectivity index (χ1n) is 6.60. The van der Waals surface area contributed by atoms with Crippen LogP contribution in [-0.2, 0) is 6.54 Å². The molecule has 20 heavy (non-hydrogen) atoms. The molecule has 2 aromatic carbocycles. The second-order valence-electron chi connectivity index (χ2n) is 4.84. The summed E-state index contributed by atoms with van der Waals surface area (Å²) in [5, 5.41) is 1.06. The van der Waals surface area contributed by atoms with E-state index >= 15 is 0 Å². The Hall–Kier alpha value is -2.68. The predicted molar refractivity (Wildman–Crippen MR) is 77.3 cm³/mol. The highest BCUT2D eigenvalue weighted by Crippen LogP contribution is 2.25. The molecule has 0 bridgehead atoms. The Labute approximate surface area is 116 Å². The van der Waals surface area contributed by atoms with Crippen LogP contribution in [0.4, 0.5) is 0 Å². The predicted octanol–water partition coefficient (Wildman–Crippen LogP) is 3.32. The maximum Gasteiger partial charge on any atom is 0.287 e. The van der Waals surface area contributed by atoms with Gasteiger partial charge in [-0.05, 0) is 22.7 Å². The van der Waals surface area contributed by atoms with E-state index in [4.69, 9.17) is 4.42 Å². The average molecular weight is 261 g/mol. The molecule has 0 N–H and O–H groups in total. The Bertz CT molecular complexity index is 881. The molecule has 0 atom stereocenters. The Kier molecular flexibility index (Phi) is 2.49. The van der Waals surface area contributed by atoms with Crippen LogP contribution < -0.4 is 4.57 Å². The van der Waals surface area contributed by atoms with Gasteiger partial charge in [0.25, 0.3) is 6.33 Å². The molecule has 0 saturated heterocycles. The van der Waals surface area contributed by atoms with Gasteiger partial charge in [0.05, 0.1) is 5.39 Å². The van der Waals surface area contributed by atoms with E-state index < -0.39 is 0 Å². The number of hydrogen-bond donors (Lipinski definition) is 0. The number of furan rings is 1. The van der Waals surface area contributed by atoms with E-state index in [9.17, 15) is 0 Å². The van der Waals surface area contributed by atoms with Crippen LogP contribution in [0.2, 0.25) is 0 Å². The zero-order chi connectivity index (χ0) is 13.4. The number of para-hydroxylation sites is 1. The molecule has 0 fully saturated rings. The van der Waals surface area contributed by atoms with Gasteiger partial charge >= 0.3 is 0 Å². The second kappa shape index (κ2) is 4.46. The number of rotatable bonds is 2. The monoisotopic (exact) mass is 261 g/mol. The molecule has 0 unspecified atom stereocenters. The molecule has 3 nitrogen and oxygen atoms in total. The van der Waals surface area contributed by atoms with Gasteiger partial charge in [-0.1, -0.05) is 42.5 Å². The maximum atomic E-state index is 5.85. The van der Waals surface area contributed by atoms with Crippen LogP contribution in [0.3, 0.4) is 0 Å². The van der Waals surface area contributed by atoms with Crippen molar-refractivity contribution in [3.63, 3.8) is 0 Å². The second-order valence-corrected chi connectivity index (χ2v) is 4.84. The molecule has 0 aliphatic carbocycles. The minimum Gasteiger partial charge on any atom is -0.448 e. The number of aromatic nitrogens is 2. The van der Waals surface area contributed by atoms with Gasteiger partial charge in [0.15, 0.2) is 0 Å². The quantitative estimate of drug-likeness (QED) is 0.518. The number of fused-ring (bicyclic) bond motifs is 3. The molecule has 0 spiro atoms. The smallest absolute Gasteiger partial charge is 0.287 e. The van der Waals surface area contributed by atoms with E-state index in [0.29, 0.717) is 0 Å². The summed E-state index contributed by atoms with van der Waals surface area (Å²) in [6, 6.07) is 18.3. The van der Waals surface area contributed by atoms with Crippen LogP contribution in [0, 0.1) is 0 Å². The summed E-state index contributed by atoms with van der Waals surface area (Å²) >= 11 is 0. The average Bonchev–Trinajstić information content (AvgIpc) is 2.86. The van der Waals surface area contributed by atoms with Crippen molar-refractivity contribution in [2.75, 3.05) is 0 Å². The van der Waals surface area contributed by atoms with E-state index in [0.717, 1.165) is 28.6 Å². The minimum atomic E-state index is 0.792. The van der Waals surface area contributed by atoms with Gasteiger partial charge in [-0.3, -0.25) is 0 Å². The van der Waals surface area contributed by atoms with E-state index in [-0.39, 0.29) is 0 Å². The van der Waals surface area contributed by atoms with E-state index in [1.54, 1.807) is 0 Å².